The zero-order valence-electron chi connectivity index (χ0n) is 14.0. The molecule has 0 saturated carbocycles. The average molecular weight is 569 g/mol. The molecule has 0 rings (SSSR count). The van der Waals surface area contributed by atoms with Gasteiger partial charge >= 0.3 is 46.9 Å². The summed E-state index contributed by atoms with van der Waals surface area (Å²) >= 11 is 1.65. The summed E-state index contributed by atoms with van der Waals surface area (Å²) < 4.78 is 0. The van der Waals surface area contributed by atoms with Crippen LogP contribution in [0.15, 0.2) is 0 Å². The third-order valence-corrected chi connectivity index (χ3v) is 4.12. The van der Waals surface area contributed by atoms with Gasteiger partial charge in [-0.2, -0.15) is 22.4 Å². The summed E-state index contributed by atoms with van der Waals surface area (Å²) in [7, 11) is 6.01. The summed E-state index contributed by atoms with van der Waals surface area (Å²) in [4.78, 5) is 13.3. The molecule has 0 saturated heterocycles. The molecule has 0 fully saturated rings. The first-order valence-corrected chi connectivity index (χ1v) is 7.40. The number of hydrogen-bond donors (Lipinski definition) is 1. The van der Waals surface area contributed by atoms with Gasteiger partial charge in [-0.05, 0) is 53.1 Å². The van der Waals surface area contributed by atoms with Gasteiger partial charge in [0.1, 0.15) is 5.78 Å². The number of nitrogens with zero attached hydrogens (tertiary/aromatic N) is 1. The zero-order chi connectivity index (χ0) is 15.1. The minimum Gasteiger partial charge on any atom is -0.446 e. The molecule has 0 aliphatic rings. The Balaban J connectivity index is -0.000000163. The van der Waals surface area contributed by atoms with Crippen molar-refractivity contribution >= 4 is 33.9 Å². The molecule has 3 unspecified atom stereocenters. The van der Waals surface area contributed by atoms with Crippen LogP contribution < -0.4 is 5.32 Å². The molecule has 6 heteroatoms. The fourth-order valence-electron chi connectivity index (χ4n) is 1.84. The molecular weight excluding hydrogens is 535 g/mol. The number of hydrogen-bond acceptors (Lipinski definition) is 3. The van der Waals surface area contributed by atoms with Crippen molar-refractivity contribution in [1.29, 1.82) is 0 Å². The van der Waals surface area contributed by atoms with Crippen LogP contribution in [0.2, 0.25) is 0 Å². The molecular formula is C15H34BIN2OYb. The molecule has 1 N–H and O–H groups in total. The zero-order valence-corrected chi connectivity index (χ0v) is 17.9. The van der Waals surface area contributed by atoms with Gasteiger partial charge in [0, 0.05) is 12.1 Å². The number of carbonyl (C=O) groups excluding carboxylic acids is 1. The van der Waals surface area contributed by atoms with Gasteiger partial charge in [0.2, 0.25) is 0 Å². The van der Waals surface area contributed by atoms with E-state index in [2.05, 4.69) is 45.8 Å². The van der Waals surface area contributed by atoms with Gasteiger partial charge in [-0.15, -0.1) is 0 Å². The van der Waals surface area contributed by atoms with Gasteiger partial charge in [0.25, 0.3) is 0 Å². The Morgan fingerprint density at radius 2 is 1.62 bits per heavy atom. The SMILES string of the molecule is C.[B]I.[CH2-]N(C(C)C(C)=O)C(C)(C)C(C)C(C)NC.[CH3-].[Yb+2]. The molecule has 0 spiro atoms. The summed E-state index contributed by atoms with van der Waals surface area (Å²) in [6.45, 7) is 12.1. The van der Waals surface area contributed by atoms with Crippen LogP contribution in [0.1, 0.15) is 49.0 Å². The van der Waals surface area contributed by atoms with Crippen molar-refractivity contribution in [1.82, 2.24) is 10.2 Å². The third-order valence-electron chi connectivity index (χ3n) is 4.12. The first kappa shape index (κ1) is 34.3. The van der Waals surface area contributed by atoms with Gasteiger partial charge in [-0.25, -0.2) is 0 Å². The van der Waals surface area contributed by atoms with Crippen LogP contribution in [0.5, 0.6) is 0 Å². The fourth-order valence-corrected chi connectivity index (χ4v) is 1.84. The Hall–Kier alpha value is 1.90. The van der Waals surface area contributed by atoms with E-state index < -0.39 is 0 Å². The molecule has 0 aliphatic carbocycles. The second-order valence-electron chi connectivity index (χ2n) is 5.28. The smallest absolute Gasteiger partial charge is 0.446 e. The van der Waals surface area contributed by atoms with Crippen molar-refractivity contribution in [2.45, 2.75) is 66.6 Å². The van der Waals surface area contributed by atoms with Crippen LogP contribution in [0.4, 0.5) is 0 Å². The number of nitrogens with one attached hydrogen (secondary N) is 1. The van der Waals surface area contributed by atoms with Crippen LogP contribution in [-0.2, 0) is 4.79 Å². The molecule has 0 amide bonds. The maximum Gasteiger partial charge on any atom is 2.00 e. The molecule has 0 aromatic heterocycles. The minimum atomic E-state index is -0.137. The van der Waals surface area contributed by atoms with Gasteiger partial charge < -0.3 is 17.6 Å². The largest absolute Gasteiger partial charge is 2.00 e. The Labute approximate surface area is 187 Å². The molecule has 134 valence electrons. The molecule has 3 atom stereocenters. The predicted octanol–water partition coefficient (Wildman–Crippen LogP) is 3.67. The van der Waals surface area contributed by atoms with Crippen molar-refractivity contribution < 1.29 is 51.7 Å². The van der Waals surface area contributed by atoms with Crippen LogP contribution in [0, 0.1) is 67.3 Å². The van der Waals surface area contributed by atoms with Crippen LogP contribution in [-0.4, -0.2) is 41.1 Å². The molecule has 3 nitrogen and oxygen atoms in total. The second kappa shape index (κ2) is 16.8. The topological polar surface area (TPSA) is 32.3 Å². The Kier molecular flexibility index (Phi) is 27.3. The second-order valence-corrected chi connectivity index (χ2v) is 5.28. The molecule has 0 heterocycles. The molecule has 0 aromatic rings. The van der Waals surface area contributed by atoms with E-state index in [4.69, 9.17) is 0 Å². The first-order chi connectivity index (χ1) is 8.16. The summed E-state index contributed by atoms with van der Waals surface area (Å²) in [5.41, 5.74) is 4.35. The fraction of sp³-hybridized carbons (Fsp3) is 0.800. The van der Waals surface area contributed by atoms with Gasteiger partial charge in [-0.3, -0.25) is 11.8 Å². The standard InChI is InChI=1S/C13H27N2O.CH4.CH3.BI.Yb/c1-9(10(2)14-7)13(5,6)15(8)11(3)12(4)16;;;1-2;/h9-11,14H,8H2,1-7H3;1H4;1H3;;/q-1;;-1;;+2. The van der Waals surface area contributed by atoms with Gasteiger partial charge in [-0.1, -0.05) is 14.4 Å². The van der Waals surface area contributed by atoms with E-state index in [-0.39, 0.29) is 79.1 Å². The number of ketones is 1. The van der Waals surface area contributed by atoms with Crippen molar-refractivity contribution in [2.75, 3.05) is 7.05 Å². The van der Waals surface area contributed by atoms with Crippen molar-refractivity contribution in [3.05, 3.63) is 14.5 Å². The molecule has 2 radical (unpaired) electrons. The Bertz CT molecular complexity index is 256. The quantitative estimate of drug-likeness (QED) is 0.301. The Morgan fingerprint density at radius 1 is 1.29 bits per heavy atom. The molecule has 0 aliphatic heterocycles. The van der Waals surface area contributed by atoms with Crippen molar-refractivity contribution in [3.8, 4) is 0 Å². The number of Topliss-reactive ketones (excluding diaryl/α,β-unsaturated/α-hetero) is 1. The summed E-state index contributed by atoms with van der Waals surface area (Å²) in [5.74, 6) is 0.559. The Morgan fingerprint density at radius 3 is 1.86 bits per heavy atom. The summed E-state index contributed by atoms with van der Waals surface area (Å²) in [6, 6.07) is 0.250. The normalized spacial score (nSPS) is 14.2. The summed E-state index contributed by atoms with van der Waals surface area (Å²) in [5, 5.41) is 3.25. The minimum absolute atomic E-state index is 0. The van der Waals surface area contributed by atoms with Crippen LogP contribution >= 0.6 is 22.4 Å². The summed E-state index contributed by atoms with van der Waals surface area (Å²) in [6.07, 6.45) is 0. The van der Waals surface area contributed by atoms with E-state index in [9.17, 15) is 4.79 Å². The molecule has 0 aromatic carbocycles. The maximum atomic E-state index is 11.4. The predicted molar refractivity (Wildman–Crippen MR) is 102 cm³/mol. The van der Waals surface area contributed by atoms with Crippen molar-refractivity contribution in [2.24, 2.45) is 5.92 Å². The van der Waals surface area contributed by atoms with E-state index in [0.717, 1.165) is 0 Å². The first-order valence-electron chi connectivity index (χ1n) is 6.15. The van der Waals surface area contributed by atoms with E-state index in [1.165, 1.54) is 0 Å². The number of halogens is 1. The average Bonchev–Trinajstić information content (AvgIpc) is 2.36. The molecule has 0 bridgehead atoms. The number of rotatable bonds is 6. The van der Waals surface area contributed by atoms with E-state index in [1.54, 1.807) is 29.3 Å². The van der Waals surface area contributed by atoms with E-state index >= 15 is 0 Å². The monoisotopic (exact) mass is 570 g/mol. The van der Waals surface area contributed by atoms with Crippen LogP contribution in [0.25, 0.3) is 0 Å². The van der Waals surface area contributed by atoms with Gasteiger partial charge in [0.15, 0.2) is 5.70 Å². The van der Waals surface area contributed by atoms with E-state index in [1.807, 2.05) is 18.9 Å². The maximum absolute atomic E-state index is 11.4. The third kappa shape index (κ3) is 11.1. The van der Waals surface area contributed by atoms with Crippen LogP contribution in [0.3, 0.4) is 0 Å². The van der Waals surface area contributed by atoms with E-state index in [0.29, 0.717) is 12.0 Å². The number of carbonyl (C=O) groups is 1. The molecule has 21 heavy (non-hydrogen) atoms. The van der Waals surface area contributed by atoms with Crippen molar-refractivity contribution in [3.63, 3.8) is 0 Å². The van der Waals surface area contributed by atoms with Gasteiger partial charge in [0.05, 0.1) is 0 Å².